The molecule has 0 spiro atoms. The minimum absolute atomic E-state index is 0.0698. The van der Waals surface area contributed by atoms with Crippen molar-refractivity contribution in [2.24, 2.45) is 0 Å². The Bertz CT molecular complexity index is 1490. The van der Waals surface area contributed by atoms with Crippen molar-refractivity contribution in [3.8, 4) is 17.6 Å². The number of fused-ring (bicyclic) bond motifs is 1. The molecule has 0 aliphatic rings. The van der Waals surface area contributed by atoms with Gasteiger partial charge < -0.3 is 9.15 Å². The number of ether oxygens (including phenoxy) is 1. The number of halogens is 5. The van der Waals surface area contributed by atoms with E-state index in [0.717, 1.165) is 6.07 Å². The number of hydrogen-bond acceptors (Lipinski definition) is 6. The van der Waals surface area contributed by atoms with Crippen LogP contribution in [-0.2, 0) is 6.18 Å². The average molecular weight is 520 g/mol. The summed E-state index contributed by atoms with van der Waals surface area (Å²) in [6.07, 6.45) is -3.37. The average Bonchev–Trinajstić information content (AvgIpc) is 3.23. The van der Waals surface area contributed by atoms with Crippen LogP contribution in [0, 0.1) is 21.4 Å². The van der Waals surface area contributed by atoms with E-state index in [-0.39, 0.29) is 27.3 Å². The van der Waals surface area contributed by atoms with Crippen LogP contribution in [0.25, 0.3) is 22.7 Å². The number of allylic oxidation sites excluding steroid dienone is 1. The van der Waals surface area contributed by atoms with Crippen molar-refractivity contribution >= 4 is 51.6 Å². The summed E-state index contributed by atoms with van der Waals surface area (Å²) in [6, 6.07) is 13.4. The lowest BCUT2D eigenvalue weighted by Crippen LogP contribution is -2.06. The molecule has 0 N–H and O–H groups in total. The third kappa shape index (κ3) is 5.06. The first kappa shape index (κ1) is 24.1. The Labute approximate surface area is 204 Å². The number of nitro benzene ring substituents is 1. The fourth-order valence-corrected chi connectivity index (χ4v) is 3.67. The van der Waals surface area contributed by atoms with Gasteiger partial charge in [0.15, 0.2) is 11.3 Å². The van der Waals surface area contributed by atoms with Crippen molar-refractivity contribution in [1.29, 1.82) is 5.26 Å². The van der Waals surface area contributed by atoms with Gasteiger partial charge >= 0.3 is 11.9 Å². The predicted octanol–water partition coefficient (Wildman–Crippen LogP) is 7.92. The molecule has 4 aromatic rings. The number of alkyl halides is 3. The smallest absolute Gasteiger partial charge is 0.416 e. The molecule has 1 heterocycles. The number of oxazole rings is 1. The molecule has 0 aliphatic heterocycles. The summed E-state index contributed by atoms with van der Waals surface area (Å²) in [6.45, 7) is 0. The standard InChI is InChI=1S/C23H10Cl2F3N3O4/c24-15-8-12(7-13(11-29)22-30-17-3-1-2-4-19(17)35-22)9-16(25)21(15)34-20-6-5-14(23(26,27)28)10-18(20)31(32)33/h1-10H/b13-7+. The Morgan fingerprint density at radius 2 is 1.83 bits per heavy atom. The molecule has 0 fully saturated rings. The van der Waals surface area contributed by atoms with E-state index in [1.165, 1.54) is 18.2 Å². The Hall–Kier alpha value is -4.07. The van der Waals surface area contributed by atoms with Crippen molar-refractivity contribution in [1.82, 2.24) is 4.98 Å². The van der Waals surface area contributed by atoms with E-state index in [4.69, 9.17) is 32.4 Å². The summed E-state index contributed by atoms with van der Waals surface area (Å²) in [5.41, 5.74) is -0.659. The van der Waals surface area contributed by atoms with Gasteiger partial charge in [0.1, 0.15) is 17.2 Å². The van der Waals surface area contributed by atoms with Crippen LogP contribution in [0.4, 0.5) is 18.9 Å². The molecule has 1 aromatic heterocycles. The number of para-hydroxylation sites is 2. The Kier molecular flexibility index (Phi) is 6.39. The van der Waals surface area contributed by atoms with Gasteiger partial charge in [-0.2, -0.15) is 18.4 Å². The van der Waals surface area contributed by atoms with Crippen LogP contribution in [0.2, 0.25) is 10.0 Å². The van der Waals surface area contributed by atoms with Gasteiger partial charge in [-0.05, 0) is 48.0 Å². The molecule has 0 unspecified atom stereocenters. The zero-order chi connectivity index (χ0) is 25.3. The van der Waals surface area contributed by atoms with Crippen LogP contribution in [0.5, 0.6) is 11.5 Å². The molecule has 3 aromatic carbocycles. The van der Waals surface area contributed by atoms with Crippen molar-refractivity contribution in [3.05, 3.63) is 91.8 Å². The van der Waals surface area contributed by atoms with E-state index in [2.05, 4.69) is 4.98 Å². The first-order valence-corrected chi connectivity index (χ1v) is 10.3. The molecule has 0 saturated carbocycles. The Morgan fingerprint density at radius 3 is 2.43 bits per heavy atom. The SMILES string of the molecule is N#C/C(=C\c1cc(Cl)c(Oc2ccc(C(F)(F)F)cc2[N+](=O)[O-])c(Cl)c1)c1nc2ccccc2o1. The second-order valence-electron chi connectivity index (χ2n) is 7.01. The fraction of sp³-hybridized carbons (Fsp3) is 0.0435. The van der Waals surface area contributed by atoms with E-state index >= 15 is 0 Å². The third-order valence-corrected chi connectivity index (χ3v) is 5.23. The van der Waals surface area contributed by atoms with E-state index < -0.39 is 28.1 Å². The van der Waals surface area contributed by atoms with Crippen molar-refractivity contribution in [2.75, 3.05) is 0 Å². The molecule has 0 saturated heterocycles. The topological polar surface area (TPSA) is 102 Å². The number of nitro groups is 1. The van der Waals surface area contributed by atoms with Gasteiger partial charge in [-0.1, -0.05) is 35.3 Å². The fourth-order valence-electron chi connectivity index (χ4n) is 3.09. The number of nitriles is 1. The summed E-state index contributed by atoms with van der Waals surface area (Å²) < 4.78 is 49.8. The number of benzene rings is 3. The number of hydrogen-bond donors (Lipinski definition) is 0. The highest BCUT2D eigenvalue weighted by Crippen LogP contribution is 2.42. The molecule has 176 valence electrons. The highest BCUT2D eigenvalue weighted by atomic mass is 35.5. The van der Waals surface area contributed by atoms with E-state index in [1.807, 2.05) is 6.07 Å². The number of aromatic nitrogens is 1. The van der Waals surface area contributed by atoms with Crippen LogP contribution >= 0.6 is 23.2 Å². The van der Waals surface area contributed by atoms with Crippen LogP contribution < -0.4 is 4.74 Å². The van der Waals surface area contributed by atoms with Gasteiger partial charge in [0.2, 0.25) is 11.6 Å². The summed E-state index contributed by atoms with van der Waals surface area (Å²) in [4.78, 5) is 14.6. The van der Waals surface area contributed by atoms with Crippen molar-refractivity contribution < 1.29 is 27.2 Å². The van der Waals surface area contributed by atoms with Gasteiger partial charge in [0.25, 0.3) is 0 Å². The zero-order valence-electron chi connectivity index (χ0n) is 17.1. The maximum atomic E-state index is 12.9. The maximum absolute atomic E-state index is 12.9. The number of nitrogens with zero attached hydrogens (tertiary/aromatic N) is 3. The second-order valence-corrected chi connectivity index (χ2v) is 7.82. The normalized spacial score (nSPS) is 11.9. The Balaban J connectivity index is 1.69. The Morgan fingerprint density at radius 1 is 1.14 bits per heavy atom. The summed E-state index contributed by atoms with van der Waals surface area (Å²) in [5, 5.41) is 20.7. The molecule has 0 aliphatic carbocycles. The van der Waals surface area contributed by atoms with Crippen molar-refractivity contribution in [3.63, 3.8) is 0 Å². The summed E-state index contributed by atoms with van der Waals surface area (Å²) in [5.74, 6) is -0.630. The van der Waals surface area contributed by atoms with Crippen LogP contribution in [0.1, 0.15) is 17.0 Å². The van der Waals surface area contributed by atoms with Gasteiger partial charge in [0, 0.05) is 6.07 Å². The van der Waals surface area contributed by atoms with E-state index in [9.17, 15) is 28.5 Å². The monoisotopic (exact) mass is 519 g/mol. The first-order valence-electron chi connectivity index (χ1n) is 9.57. The highest BCUT2D eigenvalue weighted by molar-refractivity contribution is 6.37. The molecule has 0 radical (unpaired) electrons. The third-order valence-electron chi connectivity index (χ3n) is 4.67. The van der Waals surface area contributed by atoms with Gasteiger partial charge in [-0.3, -0.25) is 10.1 Å². The molecule has 35 heavy (non-hydrogen) atoms. The first-order chi connectivity index (χ1) is 16.6. The van der Waals surface area contributed by atoms with E-state index in [0.29, 0.717) is 28.8 Å². The molecule has 0 atom stereocenters. The summed E-state index contributed by atoms with van der Waals surface area (Å²) in [7, 11) is 0. The van der Waals surface area contributed by atoms with Gasteiger partial charge in [0.05, 0.1) is 20.5 Å². The van der Waals surface area contributed by atoms with Crippen LogP contribution in [-0.4, -0.2) is 9.91 Å². The predicted molar refractivity (Wildman–Crippen MR) is 122 cm³/mol. The largest absolute Gasteiger partial charge is 0.447 e. The van der Waals surface area contributed by atoms with Gasteiger partial charge in [-0.25, -0.2) is 4.98 Å². The number of rotatable bonds is 5. The lowest BCUT2D eigenvalue weighted by atomic mass is 10.1. The molecule has 12 heteroatoms. The van der Waals surface area contributed by atoms with Gasteiger partial charge in [-0.15, -0.1) is 0 Å². The molecular weight excluding hydrogens is 510 g/mol. The second kappa shape index (κ2) is 9.29. The molecule has 0 bridgehead atoms. The lowest BCUT2D eigenvalue weighted by Gasteiger charge is -2.12. The molecule has 7 nitrogen and oxygen atoms in total. The lowest BCUT2D eigenvalue weighted by molar-refractivity contribution is -0.385. The maximum Gasteiger partial charge on any atom is 0.416 e. The van der Waals surface area contributed by atoms with Crippen LogP contribution in [0.15, 0.2) is 59.0 Å². The quantitative estimate of drug-likeness (QED) is 0.151. The van der Waals surface area contributed by atoms with Crippen LogP contribution in [0.3, 0.4) is 0 Å². The van der Waals surface area contributed by atoms with E-state index in [1.54, 1.807) is 24.3 Å². The minimum atomic E-state index is -4.78. The molecular formula is C23H10Cl2F3N3O4. The molecule has 0 amide bonds. The zero-order valence-corrected chi connectivity index (χ0v) is 18.6. The minimum Gasteiger partial charge on any atom is -0.447 e. The van der Waals surface area contributed by atoms with Crippen molar-refractivity contribution in [2.45, 2.75) is 6.18 Å². The summed E-state index contributed by atoms with van der Waals surface area (Å²) >= 11 is 12.5. The molecule has 4 rings (SSSR count). The highest BCUT2D eigenvalue weighted by Gasteiger charge is 2.33.